The van der Waals surface area contributed by atoms with E-state index in [9.17, 15) is 48.2 Å². The number of phenolic OH excluding ortho intramolecular Hbond substituents is 1. The first kappa shape index (κ1) is 77.5. The van der Waals surface area contributed by atoms with E-state index < -0.39 is 157 Å². The number of halogens is 2. The molecular formula is C74H83F2N15O13S2. The zero-order valence-electron chi connectivity index (χ0n) is 57.5. The molecule has 0 aliphatic carbocycles. The van der Waals surface area contributed by atoms with E-state index in [0.717, 1.165) is 22.8 Å². The third kappa shape index (κ3) is 21.5. The van der Waals surface area contributed by atoms with Crippen molar-refractivity contribution < 1.29 is 71.7 Å². The van der Waals surface area contributed by atoms with Crippen molar-refractivity contribution in [1.82, 2.24) is 67.4 Å². The second kappa shape index (κ2) is 37.0. The number of aromatic nitrogens is 4. The lowest BCUT2D eigenvalue weighted by Gasteiger charge is -2.31. The molecule has 5 heterocycles. The Kier molecular flexibility index (Phi) is 27.1. The SMILES string of the molecule is NCCCC[C@@H]1NC(=O)CCSCc2cccc(c2)CSC[C@@H](C(N)=O)NC(=O)[C@@H]2C[C@H](c3ccccc3)CN2C(=O)[C@H](Cc2ccc(O)cc2)NC(=O)[C@@H](Cc2cnc[nH]2)NC(=O)[C@H](CC(=O)O)NC(=O)[C@H](Cc2c[nH]c3ccc(F)cc23)NC(=O)[C@H](Cc2c[nH]c3ccc(F)cc23)NC(=O)CNC1=O. The van der Waals surface area contributed by atoms with Gasteiger partial charge in [0.05, 0.1) is 19.3 Å². The molecule has 2 aliphatic heterocycles. The van der Waals surface area contributed by atoms with Crippen molar-refractivity contribution in [3.63, 3.8) is 0 Å². The fourth-order valence-electron chi connectivity index (χ4n) is 12.8. The normalized spacial score (nSPS) is 22.2. The summed E-state index contributed by atoms with van der Waals surface area (Å²) < 4.78 is 29.9. The van der Waals surface area contributed by atoms with Crippen LogP contribution in [-0.4, -0.2) is 180 Å². The molecule has 0 unspecified atom stereocenters. The Bertz CT molecular complexity index is 4470. The van der Waals surface area contributed by atoms with Crippen LogP contribution in [-0.2, 0) is 89.9 Å². The van der Waals surface area contributed by atoms with Crippen molar-refractivity contribution in [2.45, 2.75) is 130 Å². The smallest absolute Gasteiger partial charge is 0.305 e. The molecule has 2 bridgehead atoms. The van der Waals surface area contributed by atoms with Crippen LogP contribution in [0.4, 0.5) is 8.78 Å². The van der Waals surface area contributed by atoms with Gasteiger partial charge in [0.15, 0.2) is 0 Å². The van der Waals surface area contributed by atoms with Gasteiger partial charge >= 0.3 is 5.97 Å². The van der Waals surface area contributed by atoms with E-state index in [2.05, 4.69) is 62.5 Å². The molecule has 17 N–H and O–H groups in total. The van der Waals surface area contributed by atoms with Crippen LogP contribution in [0.3, 0.4) is 0 Å². The molecule has 32 heteroatoms. The van der Waals surface area contributed by atoms with Gasteiger partial charge in [-0.3, -0.25) is 52.7 Å². The van der Waals surface area contributed by atoms with E-state index in [1.54, 1.807) is 18.2 Å². The topological polar surface area (TPSA) is 440 Å². The Labute approximate surface area is 615 Å². The summed E-state index contributed by atoms with van der Waals surface area (Å²) in [7, 11) is 0. The zero-order chi connectivity index (χ0) is 75.4. The quantitative estimate of drug-likeness (QED) is 0.0618. The molecule has 9 atom stereocenters. The number of phenols is 1. The first-order valence-corrected chi connectivity index (χ1v) is 36.8. The second-order valence-corrected chi connectivity index (χ2v) is 28.2. The van der Waals surface area contributed by atoms with Crippen molar-refractivity contribution in [1.29, 1.82) is 0 Å². The molecule has 8 aromatic rings. The van der Waals surface area contributed by atoms with Gasteiger partial charge in [-0.2, -0.15) is 23.5 Å². The Morgan fingerprint density at radius 3 is 1.80 bits per heavy atom. The summed E-state index contributed by atoms with van der Waals surface area (Å²) in [6.07, 6.45) is 4.00. The summed E-state index contributed by atoms with van der Waals surface area (Å²) in [6, 6.07) is 17.7. The maximum Gasteiger partial charge on any atom is 0.305 e. The summed E-state index contributed by atoms with van der Waals surface area (Å²) in [5.41, 5.74) is 16.4. The highest BCUT2D eigenvalue weighted by molar-refractivity contribution is 7.98. The van der Waals surface area contributed by atoms with Gasteiger partial charge in [-0.05, 0) is 114 Å². The lowest BCUT2D eigenvalue weighted by molar-refractivity contribution is -0.143. The monoisotopic (exact) mass is 1490 g/mol. The lowest BCUT2D eigenvalue weighted by atomic mass is 9.96. The number of carboxylic acid groups (broad SMARTS) is 1. The van der Waals surface area contributed by atoms with Crippen LogP contribution in [0, 0.1) is 11.6 Å². The number of benzene rings is 5. The van der Waals surface area contributed by atoms with Crippen LogP contribution in [0.5, 0.6) is 5.75 Å². The number of unbranched alkanes of at least 4 members (excludes halogenated alkanes) is 1. The number of aliphatic carboxylic acids is 1. The fraction of sp³-hybridized carbons (Fsp3) is 0.351. The van der Waals surface area contributed by atoms with E-state index in [1.807, 2.05) is 36.4 Å². The number of nitrogens with zero attached hydrogens (tertiary/aromatic N) is 2. The molecule has 0 saturated carbocycles. The Morgan fingerprint density at radius 1 is 0.594 bits per heavy atom. The van der Waals surface area contributed by atoms with Crippen LogP contribution in [0.1, 0.15) is 83.5 Å². The highest BCUT2D eigenvalue weighted by Gasteiger charge is 2.44. The molecule has 106 heavy (non-hydrogen) atoms. The molecule has 0 spiro atoms. The van der Waals surface area contributed by atoms with Crippen molar-refractivity contribution in [2.24, 2.45) is 11.5 Å². The molecule has 0 radical (unpaired) electrons. The number of rotatable bonds is 16. The van der Waals surface area contributed by atoms with Gasteiger partial charge < -0.3 is 84.1 Å². The molecule has 2 aliphatic rings. The number of carbonyl (C=O) groups excluding carboxylic acids is 10. The van der Waals surface area contributed by atoms with E-state index in [0.29, 0.717) is 64.2 Å². The number of nitrogens with one attached hydrogen (secondary N) is 11. The van der Waals surface area contributed by atoms with Gasteiger partial charge in [0.2, 0.25) is 59.1 Å². The summed E-state index contributed by atoms with van der Waals surface area (Å²) in [6.45, 7) is -0.511. The third-order valence-corrected chi connectivity index (χ3v) is 20.5. The number of aromatic amines is 3. The summed E-state index contributed by atoms with van der Waals surface area (Å²) in [4.78, 5) is 173. The number of nitrogens with two attached hydrogens (primary N) is 2. The minimum Gasteiger partial charge on any atom is -0.508 e. The maximum atomic E-state index is 15.6. The number of hydrogen-bond donors (Lipinski definition) is 15. The summed E-state index contributed by atoms with van der Waals surface area (Å²) in [5, 5.41) is 42.4. The molecule has 1 saturated heterocycles. The number of aromatic hydroxyl groups is 1. The van der Waals surface area contributed by atoms with Crippen molar-refractivity contribution in [2.75, 3.05) is 31.1 Å². The minimum absolute atomic E-state index is 0.00350. The first-order chi connectivity index (χ1) is 51.0. The third-order valence-electron chi connectivity index (χ3n) is 18.3. The number of amides is 10. The largest absolute Gasteiger partial charge is 0.508 e. The number of H-pyrrole nitrogens is 3. The standard InChI is InChI=1S/C74H83F2N15O13S2/c75-48-14-18-54-52(28-48)45(32-80-54)25-57-69(99)86-58(26-46-33-81-55-19-15-49(76)29-53(46)55)70(100)88-60(31-66(95)96)72(102)87-59(30-50-34-79-40-83-50)71(101)89-61(24-41-12-16-51(92)17-13-41)74(104)91-36-47(44-9-2-1-3-10-44)27-63(91)73(103)90-62(67(78)97)39-106-38-43-8-6-7-42(23-43)37-105-22-20-64(93)84-56(11-4-5-21-77)68(98)82-35-65(94)85-57/h1-3,6-10,12-19,23,28-29,32-34,40,47,56-63,80-81,92H,4-5,11,20-22,24-27,30-31,35-39,77H2,(H2,78,97)(H,79,83)(H,82,98)(H,84,93)(H,85,94)(H,86,99)(H,87,102)(H,88,100)(H,89,101)(H,90,103)(H,95,96)/t47-,56-,57-,58-,59+,60-,61-,62-,63-/m0/s1. The zero-order valence-corrected chi connectivity index (χ0v) is 59.1. The number of carboxylic acids is 1. The molecule has 5 aromatic carbocycles. The van der Waals surface area contributed by atoms with E-state index in [-0.39, 0.29) is 66.8 Å². The number of thioether (sulfide) groups is 2. The maximum absolute atomic E-state index is 15.6. The van der Waals surface area contributed by atoms with E-state index in [1.165, 1.54) is 108 Å². The van der Waals surface area contributed by atoms with Gasteiger partial charge in [-0.25, -0.2) is 13.8 Å². The van der Waals surface area contributed by atoms with Crippen molar-refractivity contribution in [3.05, 3.63) is 191 Å². The summed E-state index contributed by atoms with van der Waals surface area (Å²) in [5.74, 6) is -11.3. The molecule has 558 valence electrons. The predicted molar refractivity (Wildman–Crippen MR) is 392 cm³/mol. The first-order valence-electron chi connectivity index (χ1n) is 34.5. The molecule has 10 rings (SSSR count). The predicted octanol–water partition coefficient (Wildman–Crippen LogP) is 3.18. The van der Waals surface area contributed by atoms with Gasteiger partial charge in [-0.1, -0.05) is 66.7 Å². The van der Waals surface area contributed by atoms with Gasteiger partial charge in [0, 0.05) is 114 Å². The van der Waals surface area contributed by atoms with Crippen LogP contribution in [0.2, 0.25) is 0 Å². The lowest BCUT2D eigenvalue weighted by Crippen LogP contribution is -2.61. The molecule has 28 nitrogen and oxygen atoms in total. The van der Waals surface area contributed by atoms with Gasteiger partial charge in [0.1, 0.15) is 65.7 Å². The highest BCUT2D eigenvalue weighted by Crippen LogP contribution is 2.34. The Hall–Kier alpha value is -11.1. The molecule has 10 amide bonds. The molecular weight excluding hydrogens is 1410 g/mol. The Balaban J connectivity index is 0.999. The van der Waals surface area contributed by atoms with Crippen molar-refractivity contribution >= 4 is 110 Å². The van der Waals surface area contributed by atoms with E-state index >= 15 is 23.6 Å². The van der Waals surface area contributed by atoms with Crippen LogP contribution >= 0.6 is 23.5 Å². The second-order valence-electron chi connectivity index (χ2n) is 26.1. The fourth-order valence-corrected chi connectivity index (χ4v) is 14.8. The number of carbonyl (C=O) groups is 11. The average Bonchev–Trinajstić information content (AvgIpc) is 1.66. The van der Waals surface area contributed by atoms with E-state index in [4.69, 9.17) is 11.5 Å². The van der Waals surface area contributed by atoms with Crippen LogP contribution < -0.4 is 54.0 Å². The number of primary amides is 1. The van der Waals surface area contributed by atoms with Crippen molar-refractivity contribution in [3.8, 4) is 5.75 Å². The average molecular weight is 1490 g/mol. The number of hydrogen-bond acceptors (Lipinski definition) is 16. The van der Waals surface area contributed by atoms with Gasteiger partial charge in [-0.15, -0.1) is 0 Å². The Morgan fingerprint density at radius 2 is 1.19 bits per heavy atom. The number of fused-ring (bicyclic) bond motifs is 5. The highest BCUT2D eigenvalue weighted by atomic mass is 32.2. The minimum atomic E-state index is -2.06. The number of imidazole rings is 1. The van der Waals surface area contributed by atoms with Gasteiger partial charge in [0.25, 0.3) is 0 Å². The van der Waals surface area contributed by atoms with Crippen LogP contribution in [0.25, 0.3) is 21.8 Å². The van der Waals surface area contributed by atoms with Crippen LogP contribution in [0.15, 0.2) is 140 Å². The summed E-state index contributed by atoms with van der Waals surface area (Å²) >= 11 is 2.78. The molecule has 3 aromatic heterocycles. The molecule has 1 fully saturated rings.